The lowest BCUT2D eigenvalue weighted by atomic mass is 10.0. The largest absolute Gasteiger partial charge is 0.368 e. The van der Waals surface area contributed by atoms with Crippen LogP contribution in [0.5, 0.6) is 0 Å². The van der Waals surface area contributed by atoms with Crippen LogP contribution in [0.3, 0.4) is 0 Å². The number of nitrogens with two attached hydrogens (primary N) is 1. The highest BCUT2D eigenvalue weighted by molar-refractivity contribution is 5.91. The highest BCUT2D eigenvalue weighted by atomic mass is 19.1. The van der Waals surface area contributed by atoms with Gasteiger partial charge in [0.15, 0.2) is 0 Å². The van der Waals surface area contributed by atoms with Crippen LogP contribution in [0.25, 0.3) is 0 Å². The molecule has 2 aromatic rings. The van der Waals surface area contributed by atoms with Crippen LogP contribution in [-0.4, -0.2) is 34.7 Å². The van der Waals surface area contributed by atoms with Gasteiger partial charge in [-0.3, -0.25) is 24.5 Å². The molecule has 10 heteroatoms. The van der Waals surface area contributed by atoms with E-state index in [1.54, 1.807) is 24.3 Å². The Morgan fingerprint density at radius 1 is 1.03 bits per heavy atom. The number of nitro benzene ring substituents is 1. The average Bonchev–Trinajstić information content (AvgIpc) is 2.68. The number of halogens is 1. The Morgan fingerprint density at radius 2 is 1.67 bits per heavy atom. The molecule has 0 saturated carbocycles. The molecule has 0 heterocycles. The Morgan fingerprint density at radius 3 is 2.23 bits per heavy atom. The molecule has 0 radical (unpaired) electrons. The molecule has 9 nitrogen and oxygen atoms in total. The number of primary amides is 1. The van der Waals surface area contributed by atoms with Gasteiger partial charge < -0.3 is 16.4 Å². The first-order valence-corrected chi connectivity index (χ1v) is 9.01. The number of carbonyl (C=O) groups excluding carboxylic acids is 3. The van der Waals surface area contributed by atoms with Crippen molar-refractivity contribution < 1.29 is 23.7 Å². The van der Waals surface area contributed by atoms with Crippen molar-refractivity contribution in [3.63, 3.8) is 0 Å². The summed E-state index contributed by atoms with van der Waals surface area (Å²) in [5, 5.41) is 15.9. The molecule has 3 amide bonds. The van der Waals surface area contributed by atoms with E-state index in [0.29, 0.717) is 0 Å². The molecular formula is C20H21FN4O5. The molecule has 30 heavy (non-hydrogen) atoms. The second-order valence-corrected chi connectivity index (χ2v) is 6.65. The van der Waals surface area contributed by atoms with E-state index in [2.05, 4.69) is 10.6 Å². The van der Waals surface area contributed by atoms with Gasteiger partial charge in [0.25, 0.3) is 0 Å². The highest BCUT2D eigenvalue weighted by Gasteiger charge is 2.26. The predicted molar refractivity (Wildman–Crippen MR) is 106 cm³/mol. The van der Waals surface area contributed by atoms with Crippen LogP contribution in [0.4, 0.5) is 10.1 Å². The van der Waals surface area contributed by atoms with Gasteiger partial charge in [-0.25, -0.2) is 0 Å². The van der Waals surface area contributed by atoms with Gasteiger partial charge in [-0.05, 0) is 17.2 Å². The molecule has 0 aromatic heterocycles. The van der Waals surface area contributed by atoms with Crippen molar-refractivity contribution in [1.82, 2.24) is 10.6 Å². The Kier molecular flexibility index (Phi) is 7.56. The number of nitrogens with zero attached hydrogens (tertiary/aromatic N) is 1. The minimum absolute atomic E-state index is 0.180. The Balaban J connectivity index is 2.17. The first-order valence-electron chi connectivity index (χ1n) is 9.01. The Bertz CT molecular complexity index is 951. The van der Waals surface area contributed by atoms with Gasteiger partial charge in [-0.2, -0.15) is 4.39 Å². The summed E-state index contributed by atoms with van der Waals surface area (Å²) in [5.74, 6) is -2.97. The SMILES string of the molecule is CC(=O)N[C@H](Cc1ccccc1)C(=O)N[C@@H](Cc1ccc(F)c([N+](=O)[O-])c1)C(N)=O. The van der Waals surface area contributed by atoms with E-state index in [9.17, 15) is 28.9 Å². The molecule has 0 fully saturated rings. The molecule has 0 spiro atoms. The highest BCUT2D eigenvalue weighted by Crippen LogP contribution is 2.19. The molecule has 2 aromatic carbocycles. The summed E-state index contributed by atoms with van der Waals surface area (Å²) in [7, 11) is 0. The van der Waals surface area contributed by atoms with Crippen molar-refractivity contribution >= 4 is 23.4 Å². The molecule has 4 N–H and O–H groups in total. The fraction of sp³-hybridized carbons (Fsp3) is 0.250. The molecule has 0 unspecified atom stereocenters. The smallest absolute Gasteiger partial charge is 0.305 e. The minimum atomic E-state index is -1.21. The first kappa shape index (κ1) is 22.5. The number of hydrogen-bond acceptors (Lipinski definition) is 5. The summed E-state index contributed by atoms with van der Waals surface area (Å²) >= 11 is 0. The van der Waals surface area contributed by atoms with E-state index in [0.717, 1.165) is 17.7 Å². The van der Waals surface area contributed by atoms with Crippen molar-refractivity contribution in [2.24, 2.45) is 5.73 Å². The van der Waals surface area contributed by atoms with Crippen LogP contribution >= 0.6 is 0 Å². The molecule has 0 aliphatic rings. The number of nitrogens with one attached hydrogen (secondary N) is 2. The third kappa shape index (κ3) is 6.36. The molecule has 0 aliphatic carbocycles. The number of carbonyl (C=O) groups is 3. The van der Waals surface area contributed by atoms with Gasteiger partial charge in [0.2, 0.25) is 23.5 Å². The number of nitro groups is 1. The van der Waals surface area contributed by atoms with Crippen molar-refractivity contribution in [3.8, 4) is 0 Å². The molecular weight excluding hydrogens is 395 g/mol. The van der Waals surface area contributed by atoms with Crippen LogP contribution in [0, 0.1) is 15.9 Å². The Labute approximate surface area is 171 Å². The van der Waals surface area contributed by atoms with E-state index in [1.165, 1.54) is 13.0 Å². The lowest BCUT2D eigenvalue weighted by Crippen LogP contribution is -2.54. The average molecular weight is 416 g/mol. The zero-order chi connectivity index (χ0) is 22.3. The molecule has 2 rings (SSSR count). The normalized spacial score (nSPS) is 12.5. The lowest BCUT2D eigenvalue weighted by molar-refractivity contribution is -0.387. The maximum atomic E-state index is 13.5. The molecule has 0 bridgehead atoms. The zero-order valence-corrected chi connectivity index (χ0v) is 16.1. The van der Waals surface area contributed by atoms with Crippen molar-refractivity contribution in [2.75, 3.05) is 0 Å². The van der Waals surface area contributed by atoms with Gasteiger partial charge in [-0.15, -0.1) is 0 Å². The van der Waals surface area contributed by atoms with Crippen LogP contribution in [0.15, 0.2) is 48.5 Å². The fourth-order valence-electron chi connectivity index (χ4n) is 2.86. The maximum absolute atomic E-state index is 13.5. The van der Waals surface area contributed by atoms with Crippen LogP contribution < -0.4 is 16.4 Å². The van der Waals surface area contributed by atoms with Gasteiger partial charge in [0, 0.05) is 25.8 Å². The summed E-state index contributed by atoms with van der Waals surface area (Å²) < 4.78 is 13.5. The number of benzene rings is 2. The maximum Gasteiger partial charge on any atom is 0.305 e. The van der Waals surface area contributed by atoms with Gasteiger partial charge in [0.1, 0.15) is 12.1 Å². The standard InChI is InChI=1S/C20H21FN4O5/c1-12(26)23-17(9-13-5-3-2-4-6-13)20(28)24-16(19(22)27)10-14-7-8-15(21)18(11-14)25(29)30/h2-8,11,16-17H,9-10H2,1H3,(H2,22,27)(H,23,26)(H,24,28)/t16-,17+/m0/s1. The fourth-order valence-corrected chi connectivity index (χ4v) is 2.86. The van der Waals surface area contributed by atoms with Crippen LogP contribution in [0.1, 0.15) is 18.1 Å². The lowest BCUT2D eigenvalue weighted by Gasteiger charge is -2.21. The second-order valence-electron chi connectivity index (χ2n) is 6.65. The molecule has 158 valence electrons. The van der Waals surface area contributed by atoms with Crippen LogP contribution in [0.2, 0.25) is 0 Å². The van der Waals surface area contributed by atoms with E-state index < -0.39 is 46.2 Å². The minimum Gasteiger partial charge on any atom is -0.368 e. The zero-order valence-electron chi connectivity index (χ0n) is 16.1. The third-order valence-electron chi connectivity index (χ3n) is 4.28. The topological polar surface area (TPSA) is 144 Å². The van der Waals surface area contributed by atoms with Gasteiger partial charge in [0.05, 0.1) is 4.92 Å². The second kappa shape index (κ2) is 10.1. The van der Waals surface area contributed by atoms with E-state index in [-0.39, 0.29) is 18.4 Å². The van der Waals surface area contributed by atoms with Crippen molar-refractivity contribution in [2.45, 2.75) is 31.8 Å². The summed E-state index contributed by atoms with van der Waals surface area (Å²) in [5.41, 5.74) is 5.65. The molecule has 0 aliphatic heterocycles. The molecule has 0 saturated heterocycles. The van der Waals surface area contributed by atoms with E-state index in [4.69, 9.17) is 5.73 Å². The summed E-state index contributed by atoms with van der Waals surface area (Å²) in [4.78, 5) is 46.1. The van der Waals surface area contributed by atoms with Crippen molar-refractivity contribution in [3.05, 3.63) is 75.6 Å². The quantitative estimate of drug-likeness (QED) is 0.412. The third-order valence-corrected chi connectivity index (χ3v) is 4.28. The van der Waals surface area contributed by atoms with E-state index in [1.807, 2.05) is 6.07 Å². The predicted octanol–water partition coefficient (Wildman–Crippen LogP) is 0.994. The number of amides is 3. The van der Waals surface area contributed by atoms with E-state index >= 15 is 0 Å². The first-order chi connectivity index (χ1) is 14.2. The van der Waals surface area contributed by atoms with Gasteiger partial charge >= 0.3 is 5.69 Å². The van der Waals surface area contributed by atoms with Crippen molar-refractivity contribution in [1.29, 1.82) is 0 Å². The van der Waals surface area contributed by atoms with Crippen LogP contribution in [-0.2, 0) is 27.2 Å². The number of hydrogen-bond donors (Lipinski definition) is 3. The summed E-state index contributed by atoms with van der Waals surface area (Å²) in [6, 6.07) is 9.91. The monoisotopic (exact) mass is 416 g/mol. The van der Waals surface area contributed by atoms with Gasteiger partial charge in [-0.1, -0.05) is 36.4 Å². The summed E-state index contributed by atoms with van der Waals surface area (Å²) in [6.45, 7) is 1.26. The molecule has 2 atom stereocenters. The summed E-state index contributed by atoms with van der Waals surface area (Å²) in [6.07, 6.45) is 0.0000764. The number of rotatable bonds is 9. The Hall–Kier alpha value is -3.82.